The number of amides is 2. The predicted octanol–water partition coefficient (Wildman–Crippen LogP) is -0.320. The van der Waals surface area contributed by atoms with Crippen molar-refractivity contribution in [3.05, 3.63) is 0 Å². The molecule has 1 unspecified atom stereocenters. The van der Waals surface area contributed by atoms with Gasteiger partial charge in [0.25, 0.3) is 0 Å². The Morgan fingerprint density at radius 1 is 1.42 bits per heavy atom. The normalized spacial score (nSPS) is 29.8. The summed E-state index contributed by atoms with van der Waals surface area (Å²) in [5.74, 6) is -0.786. The van der Waals surface area contributed by atoms with Crippen LogP contribution in [0.4, 0.5) is 4.79 Å². The van der Waals surface area contributed by atoms with Gasteiger partial charge in [0.2, 0.25) is 0 Å². The number of hydrogen-bond acceptors (Lipinski definition) is 4. The van der Waals surface area contributed by atoms with Gasteiger partial charge in [0, 0.05) is 19.0 Å². The molecular weight excluding hydrogens is 272 g/mol. The number of carboxylic acid groups (broad SMARTS) is 1. The molecule has 108 valence electrons. The van der Waals surface area contributed by atoms with Crippen LogP contribution < -0.4 is 5.32 Å². The van der Waals surface area contributed by atoms with Gasteiger partial charge in [-0.3, -0.25) is 4.79 Å². The third-order valence-electron chi connectivity index (χ3n) is 3.62. The number of hydrogen-bond donors (Lipinski definition) is 2. The molecule has 2 aliphatic rings. The molecule has 2 amide bonds. The summed E-state index contributed by atoms with van der Waals surface area (Å²) in [5, 5.41) is 11.4. The molecule has 7 nitrogen and oxygen atoms in total. The molecule has 2 heterocycles. The summed E-state index contributed by atoms with van der Waals surface area (Å²) in [7, 11) is -3.05. The highest BCUT2D eigenvalue weighted by Gasteiger charge is 2.41. The van der Waals surface area contributed by atoms with Gasteiger partial charge in [-0.25, -0.2) is 13.2 Å². The summed E-state index contributed by atoms with van der Waals surface area (Å²) in [6, 6.07) is -0.304. The Kier molecular flexibility index (Phi) is 3.46. The molecule has 2 rings (SSSR count). The van der Waals surface area contributed by atoms with Crippen molar-refractivity contribution < 1.29 is 23.1 Å². The fourth-order valence-corrected chi connectivity index (χ4v) is 4.65. The Morgan fingerprint density at radius 2 is 2.05 bits per heavy atom. The molecule has 1 atom stereocenters. The zero-order valence-electron chi connectivity index (χ0n) is 10.8. The number of carbonyl (C=O) groups is 2. The van der Waals surface area contributed by atoms with Gasteiger partial charge in [-0.1, -0.05) is 0 Å². The van der Waals surface area contributed by atoms with Gasteiger partial charge in [0.15, 0.2) is 9.84 Å². The molecule has 0 saturated carbocycles. The van der Waals surface area contributed by atoms with E-state index in [9.17, 15) is 18.0 Å². The van der Waals surface area contributed by atoms with E-state index in [1.54, 1.807) is 6.92 Å². The lowest BCUT2D eigenvalue weighted by molar-refractivity contribution is -0.139. The third kappa shape index (κ3) is 3.37. The topological polar surface area (TPSA) is 104 Å². The van der Waals surface area contributed by atoms with Crippen molar-refractivity contribution in [2.24, 2.45) is 5.92 Å². The Bertz CT molecular complexity index is 497. The summed E-state index contributed by atoms with van der Waals surface area (Å²) >= 11 is 0. The summed E-state index contributed by atoms with van der Waals surface area (Å²) in [5.41, 5.74) is -0.701. The van der Waals surface area contributed by atoms with Crippen molar-refractivity contribution in [1.82, 2.24) is 10.2 Å². The van der Waals surface area contributed by atoms with Gasteiger partial charge >= 0.3 is 12.0 Å². The first-order valence-corrected chi connectivity index (χ1v) is 8.01. The molecule has 0 aromatic rings. The summed E-state index contributed by atoms with van der Waals surface area (Å²) in [4.78, 5) is 23.9. The van der Waals surface area contributed by atoms with Gasteiger partial charge in [0.05, 0.1) is 23.5 Å². The molecule has 19 heavy (non-hydrogen) atoms. The molecule has 0 spiro atoms. The molecule has 2 N–H and O–H groups in total. The molecule has 0 aliphatic carbocycles. The molecular formula is C11H18N2O5S. The maximum Gasteiger partial charge on any atom is 0.317 e. The van der Waals surface area contributed by atoms with Crippen LogP contribution in [0.3, 0.4) is 0 Å². The summed E-state index contributed by atoms with van der Waals surface area (Å²) in [6.45, 7) is 2.56. The second-order valence-corrected chi connectivity index (χ2v) is 7.89. The zero-order valence-corrected chi connectivity index (χ0v) is 11.6. The van der Waals surface area contributed by atoms with Crippen LogP contribution in [0.25, 0.3) is 0 Å². The lowest BCUT2D eigenvalue weighted by atomic mass is 9.96. The van der Waals surface area contributed by atoms with E-state index in [-0.39, 0.29) is 29.9 Å². The lowest BCUT2D eigenvalue weighted by Gasteiger charge is -2.40. The van der Waals surface area contributed by atoms with E-state index in [2.05, 4.69) is 5.32 Å². The van der Waals surface area contributed by atoms with Crippen molar-refractivity contribution in [2.45, 2.75) is 25.3 Å². The van der Waals surface area contributed by atoms with E-state index in [0.717, 1.165) is 0 Å². The van der Waals surface area contributed by atoms with Gasteiger partial charge in [-0.05, 0) is 13.3 Å². The van der Waals surface area contributed by atoms with Crippen LogP contribution in [-0.2, 0) is 14.6 Å². The van der Waals surface area contributed by atoms with Crippen LogP contribution in [-0.4, -0.2) is 60.6 Å². The fraction of sp³-hybridized carbons (Fsp3) is 0.818. The van der Waals surface area contributed by atoms with Crippen LogP contribution in [0, 0.1) is 5.92 Å². The van der Waals surface area contributed by atoms with E-state index < -0.39 is 21.3 Å². The van der Waals surface area contributed by atoms with E-state index in [4.69, 9.17) is 5.11 Å². The Hall–Kier alpha value is -1.31. The number of carbonyl (C=O) groups excluding carboxylic acids is 1. The predicted molar refractivity (Wildman–Crippen MR) is 67.5 cm³/mol. The molecule has 0 bridgehead atoms. The molecule has 8 heteroatoms. The van der Waals surface area contributed by atoms with E-state index in [0.29, 0.717) is 19.5 Å². The average molecular weight is 290 g/mol. The first-order chi connectivity index (χ1) is 8.69. The zero-order chi connectivity index (χ0) is 14.3. The van der Waals surface area contributed by atoms with Crippen LogP contribution in [0.15, 0.2) is 0 Å². The Morgan fingerprint density at radius 3 is 2.53 bits per heavy atom. The third-order valence-corrected chi connectivity index (χ3v) is 5.52. The van der Waals surface area contributed by atoms with Crippen molar-refractivity contribution in [1.29, 1.82) is 0 Å². The monoisotopic (exact) mass is 290 g/mol. The summed E-state index contributed by atoms with van der Waals surface area (Å²) < 4.78 is 22.8. The van der Waals surface area contributed by atoms with Gasteiger partial charge in [-0.15, -0.1) is 0 Å². The first kappa shape index (κ1) is 14.1. The molecule has 2 fully saturated rings. The quantitative estimate of drug-likeness (QED) is 0.741. The highest BCUT2D eigenvalue weighted by molar-refractivity contribution is 7.91. The van der Waals surface area contributed by atoms with Crippen molar-refractivity contribution in [3.63, 3.8) is 0 Å². The smallest absolute Gasteiger partial charge is 0.317 e. The number of likely N-dealkylation sites (tertiary alicyclic amines) is 1. The number of nitrogens with zero attached hydrogens (tertiary/aromatic N) is 1. The second-order valence-electron chi connectivity index (χ2n) is 5.70. The summed E-state index contributed by atoms with van der Waals surface area (Å²) in [6.07, 6.45) is 0.489. The number of nitrogens with one attached hydrogen (secondary N) is 1. The fourth-order valence-electron chi connectivity index (χ4n) is 2.56. The molecule has 0 radical (unpaired) electrons. The van der Waals surface area contributed by atoms with Crippen LogP contribution in [0.2, 0.25) is 0 Å². The largest absolute Gasteiger partial charge is 0.481 e. The minimum Gasteiger partial charge on any atom is -0.481 e. The number of urea groups is 1. The van der Waals surface area contributed by atoms with Crippen molar-refractivity contribution in [2.75, 3.05) is 24.6 Å². The standard InChI is InChI=1S/C11H18N2O5S/c1-11(2-3-19(17,18)7-11)12-10(16)13-5-8(6-13)4-9(14)15/h8H,2-7H2,1H3,(H,12,16)(H,14,15). The Balaban J connectivity index is 1.82. The van der Waals surface area contributed by atoms with Gasteiger partial charge in [0.1, 0.15) is 0 Å². The number of aliphatic carboxylic acids is 1. The average Bonchev–Trinajstić information content (AvgIpc) is 2.45. The highest BCUT2D eigenvalue weighted by atomic mass is 32.2. The van der Waals surface area contributed by atoms with Crippen LogP contribution in [0.1, 0.15) is 19.8 Å². The number of carboxylic acids is 1. The number of sulfone groups is 1. The van der Waals surface area contributed by atoms with E-state index in [1.165, 1.54) is 4.90 Å². The maximum atomic E-state index is 11.9. The number of rotatable bonds is 3. The minimum absolute atomic E-state index is 0.00312. The van der Waals surface area contributed by atoms with Crippen molar-refractivity contribution in [3.8, 4) is 0 Å². The second kappa shape index (κ2) is 4.66. The lowest BCUT2D eigenvalue weighted by Crippen LogP contribution is -2.59. The highest BCUT2D eigenvalue weighted by Crippen LogP contribution is 2.25. The SMILES string of the molecule is CC1(NC(=O)N2CC(CC(=O)O)C2)CCS(=O)(=O)C1. The van der Waals surface area contributed by atoms with Gasteiger partial charge < -0.3 is 15.3 Å². The Labute approximate surface area is 111 Å². The van der Waals surface area contributed by atoms with E-state index in [1.807, 2.05) is 0 Å². The maximum absolute atomic E-state index is 11.9. The van der Waals surface area contributed by atoms with Crippen molar-refractivity contribution >= 4 is 21.8 Å². The minimum atomic E-state index is -3.05. The van der Waals surface area contributed by atoms with Crippen LogP contribution in [0.5, 0.6) is 0 Å². The first-order valence-electron chi connectivity index (χ1n) is 6.18. The molecule has 2 aliphatic heterocycles. The molecule has 0 aromatic heterocycles. The van der Waals surface area contributed by atoms with Gasteiger partial charge in [-0.2, -0.15) is 0 Å². The molecule has 2 saturated heterocycles. The van der Waals surface area contributed by atoms with Crippen LogP contribution >= 0.6 is 0 Å². The molecule has 0 aromatic carbocycles. The van der Waals surface area contributed by atoms with E-state index >= 15 is 0 Å².